The highest BCUT2D eigenvalue weighted by molar-refractivity contribution is 8.02. The number of thiophene rings is 1. The molecule has 1 aromatic rings. The van der Waals surface area contributed by atoms with Crippen molar-refractivity contribution in [1.82, 2.24) is 0 Å². The average molecular weight is 515 g/mol. The summed E-state index contributed by atoms with van der Waals surface area (Å²) in [5, 5.41) is 0.926. The van der Waals surface area contributed by atoms with Gasteiger partial charge in [-0.05, 0) is 24.3 Å². The molecule has 194 valence electrons. The van der Waals surface area contributed by atoms with Gasteiger partial charge in [0.1, 0.15) is 5.00 Å². The summed E-state index contributed by atoms with van der Waals surface area (Å²) < 4.78 is 1.24. The van der Waals surface area contributed by atoms with Crippen molar-refractivity contribution in [2.75, 3.05) is 23.0 Å². The summed E-state index contributed by atoms with van der Waals surface area (Å²) in [5.41, 5.74) is 13.7. The summed E-state index contributed by atoms with van der Waals surface area (Å²) in [4.78, 5) is 1.15. The fourth-order valence-corrected chi connectivity index (χ4v) is 7.75. The first-order chi connectivity index (χ1) is 16.2. The van der Waals surface area contributed by atoms with E-state index < -0.39 is 0 Å². The zero-order chi connectivity index (χ0) is 24.0. The monoisotopic (exact) mass is 514 g/mol. The van der Waals surface area contributed by atoms with Gasteiger partial charge in [-0.25, -0.2) is 0 Å². The average Bonchev–Trinajstić information content (AvgIpc) is 3.08. The molecule has 0 bridgehead atoms. The molecule has 0 saturated carbocycles. The predicted octanol–water partition coefficient (Wildman–Crippen LogP) is 10.9. The van der Waals surface area contributed by atoms with E-state index in [0.29, 0.717) is 0 Å². The van der Waals surface area contributed by atoms with Gasteiger partial charge < -0.3 is 11.5 Å². The SMILES string of the molecule is CCCCCCCCCCCCSc1sc(N)c(SCCCCCCCCCCCC)c1N. The molecule has 0 unspecified atom stereocenters. The highest BCUT2D eigenvalue weighted by Crippen LogP contribution is 2.45. The summed E-state index contributed by atoms with van der Waals surface area (Å²) in [7, 11) is 0. The van der Waals surface area contributed by atoms with Crippen molar-refractivity contribution in [2.24, 2.45) is 0 Å². The van der Waals surface area contributed by atoms with Gasteiger partial charge in [-0.1, -0.05) is 129 Å². The Hall–Kier alpha value is -0.000000000000000111. The minimum Gasteiger partial charge on any atom is -0.396 e. The van der Waals surface area contributed by atoms with Crippen LogP contribution in [0.3, 0.4) is 0 Å². The molecule has 0 aliphatic rings. The molecule has 0 saturated heterocycles. The van der Waals surface area contributed by atoms with Gasteiger partial charge in [0.2, 0.25) is 0 Å². The van der Waals surface area contributed by atoms with Crippen LogP contribution in [0.1, 0.15) is 142 Å². The van der Waals surface area contributed by atoms with Crippen LogP contribution in [0, 0.1) is 0 Å². The molecule has 0 fully saturated rings. The Balaban J connectivity index is 2.04. The Bertz CT molecular complexity index is 560. The molecule has 0 amide bonds. The fourth-order valence-electron chi connectivity index (χ4n) is 4.20. The van der Waals surface area contributed by atoms with Gasteiger partial charge in [0.05, 0.1) is 14.8 Å². The van der Waals surface area contributed by atoms with Crippen LogP contribution in [0.15, 0.2) is 9.10 Å². The lowest BCUT2D eigenvalue weighted by molar-refractivity contribution is 0.563. The predicted molar refractivity (Wildman–Crippen MR) is 158 cm³/mol. The van der Waals surface area contributed by atoms with Crippen molar-refractivity contribution in [3.63, 3.8) is 0 Å². The summed E-state index contributed by atoms with van der Waals surface area (Å²) in [6.45, 7) is 4.57. The maximum Gasteiger partial charge on any atom is 0.103 e. The number of hydrogen-bond donors (Lipinski definition) is 2. The third-order valence-electron chi connectivity index (χ3n) is 6.37. The van der Waals surface area contributed by atoms with E-state index in [-0.39, 0.29) is 0 Å². The highest BCUT2D eigenvalue weighted by Gasteiger charge is 2.14. The Morgan fingerprint density at radius 2 is 0.879 bits per heavy atom. The second kappa shape index (κ2) is 22.5. The number of rotatable bonds is 24. The number of thioether (sulfide) groups is 2. The Labute approximate surface area is 219 Å². The van der Waals surface area contributed by atoms with Gasteiger partial charge in [0.15, 0.2) is 0 Å². The minimum absolute atomic E-state index is 0.926. The van der Waals surface area contributed by atoms with Gasteiger partial charge in [-0.3, -0.25) is 0 Å². The van der Waals surface area contributed by atoms with Gasteiger partial charge in [0, 0.05) is 0 Å². The number of unbranched alkanes of at least 4 members (excludes halogenated alkanes) is 18. The van der Waals surface area contributed by atoms with Gasteiger partial charge in [0.25, 0.3) is 0 Å². The largest absolute Gasteiger partial charge is 0.396 e. The van der Waals surface area contributed by atoms with E-state index in [1.807, 2.05) is 23.5 Å². The Kier molecular flexibility index (Phi) is 21.1. The second-order valence-electron chi connectivity index (χ2n) is 9.56. The van der Waals surface area contributed by atoms with Crippen LogP contribution in [0.5, 0.6) is 0 Å². The fraction of sp³-hybridized carbons (Fsp3) is 0.857. The smallest absolute Gasteiger partial charge is 0.103 e. The molecule has 0 aromatic carbocycles. The Morgan fingerprint density at radius 3 is 1.30 bits per heavy atom. The first-order valence-corrected chi connectivity index (χ1v) is 16.9. The van der Waals surface area contributed by atoms with E-state index >= 15 is 0 Å². The minimum atomic E-state index is 0.926. The number of nitrogens with two attached hydrogens (primary N) is 2. The Morgan fingerprint density at radius 1 is 0.515 bits per heavy atom. The molecular weight excluding hydrogens is 461 g/mol. The zero-order valence-corrected chi connectivity index (χ0v) is 24.4. The van der Waals surface area contributed by atoms with Crippen molar-refractivity contribution in [2.45, 2.75) is 151 Å². The lowest BCUT2D eigenvalue weighted by atomic mass is 10.1. The molecular formula is C28H54N2S3. The lowest BCUT2D eigenvalue weighted by Gasteiger charge is -2.05. The molecule has 0 spiro atoms. The standard InChI is InChI=1S/C28H54N2S3/c1-3-5-7-9-11-13-15-17-19-21-23-31-26-25(29)28(33-27(26)30)32-24-22-20-18-16-14-12-10-8-6-4-2/h3-24,29-30H2,1-2H3. The summed E-state index contributed by atoms with van der Waals surface area (Å²) >= 11 is 5.50. The normalized spacial score (nSPS) is 11.5. The number of anilines is 2. The van der Waals surface area contributed by atoms with Crippen molar-refractivity contribution in [3.8, 4) is 0 Å². The summed E-state index contributed by atoms with van der Waals surface area (Å²) in [5.74, 6) is 2.31. The van der Waals surface area contributed by atoms with Crippen LogP contribution in [0.25, 0.3) is 0 Å². The van der Waals surface area contributed by atoms with Crippen LogP contribution < -0.4 is 11.5 Å². The first-order valence-electron chi connectivity index (χ1n) is 14.1. The molecule has 1 aromatic heterocycles. The van der Waals surface area contributed by atoms with E-state index in [1.54, 1.807) is 11.3 Å². The van der Waals surface area contributed by atoms with Crippen molar-refractivity contribution in [3.05, 3.63) is 0 Å². The van der Waals surface area contributed by atoms with E-state index in [1.165, 1.54) is 138 Å². The quantitative estimate of drug-likeness (QED) is 0.106. The maximum absolute atomic E-state index is 6.45. The lowest BCUT2D eigenvalue weighted by Crippen LogP contribution is -1.91. The molecule has 33 heavy (non-hydrogen) atoms. The maximum atomic E-state index is 6.45. The van der Waals surface area contributed by atoms with Crippen molar-refractivity contribution in [1.29, 1.82) is 0 Å². The van der Waals surface area contributed by atoms with Crippen LogP contribution in [0.2, 0.25) is 0 Å². The van der Waals surface area contributed by atoms with Crippen LogP contribution >= 0.6 is 34.9 Å². The van der Waals surface area contributed by atoms with Gasteiger partial charge in [-0.2, -0.15) is 0 Å². The molecule has 4 N–H and O–H groups in total. The molecule has 2 nitrogen and oxygen atoms in total. The van der Waals surface area contributed by atoms with Crippen LogP contribution in [-0.2, 0) is 0 Å². The molecule has 0 radical (unpaired) electrons. The molecule has 0 aliphatic carbocycles. The van der Waals surface area contributed by atoms with Gasteiger partial charge in [-0.15, -0.1) is 34.9 Å². The topological polar surface area (TPSA) is 52.0 Å². The highest BCUT2D eigenvalue weighted by atomic mass is 32.2. The second-order valence-corrected chi connectivity index (χ2v) is 13.1. The molecule has 0 aliphatic heterocycles. The van der Waals surface area contributed by atoms with Gasteiger partial charge >= 0.3 is 0 Å². The van der Waals surface area contributed by atoms with E-state index in [4.69, 9.17) is 11.5 Å². The van der Waals surface area contributed by atoms with E-state index in [9.17, 15) is 0 Å². The van der Waals surface area contributed by atoms with E-state index in [0.717, 1.165) is 21.3 Å². The number of nitrogen functional groups attached to an aromatic ring is 2. The van der Waals surface area contributed by atoms with Crippen LogP contribution in [0.4, 0.5) is 10.7 Å². The number of hydrogen-bond acceptors (Lipinski definition) is 5. The zero-order valence-electron chi connectivity index (χ0n) is 21.9. The first kappa shape index (κ1) is 31.0. The van der Waals surface area contributed by atoms with Crippen molar-refractivity contribution < 1.29 is 0 Å². The third-order valence-corrected chi connectivity index (χ3v) is 10.1. The summed E-state index contributed by atoms with van der Waals surface area (Å²) in [6.07, 6.45) is 27.7. The van der Waals surface area contributed by atoms with Crippen LogP contribution in [-0.4, -0.2) is 11.5 Å². The van der Waals surface area contributed by atoms with E-state index in [2.05, 4.69) is 13.8 Å². The molecule has 1 heterocycles. The molecule has 0 atom stereocenters. The van der Waals surface area contributed by atoms with Crippen molar-refractivity contribution >= 4 is 45.5 Å². The molecule has 1 rings (SSSR count). The summed E-state index contributed by atoms with van der Waals surface area (Å²) in [6, 6.07) is 0. The molecule has 5 heteroatoms. The third kappa shape index (κ3) is 16.3.